The number of hydrogen-bond acceptors (Lipinski definition) is 4. The molecule has 0 aliphatic heterocycles. The van der Waals surface area contributed by atoms with Gasteiger partial charge in [0, 0.05) is 25.1 Å². The van der Waals surface area contributed by atoms with Crippen molar-refractivity contribution in [2.75, 3.05) is 6.54 Å². The molecule has 0 amide bonds. The minimum Gasteiger partial charge on any atom is -0.504 e. The van der Waals surface area contributed by atoms with E-state index in [4.69, 9.17) is 4.42 Å². The van der Waals surface area contributed by atoms with Crippen molar-refractivity contribution in [3.8, 4) is 11.5 Å². The maximum atomic E-state index is 9.57. The molecule has 0 spiro atoms. The molecule has 0 aliphatic rings. The van der Waals surface area contributed by atoms with Crippen LogP contribution in [0.3, 0.4) is 0 Å². The summed E-state index contributed by atoms with van der Waals surface area (Å²) in [5.41, 5.74) is 0.685. The van der Waals surface area contributed by atoms with E-state index < -0.39 is 0 Å². The van der Waals surface area contributed by atoms with Crippen molar-refractivity contribution in [3.05, 3.63) is 47.9 Å². The molecule has 2 rings (SSSR count). The largest absolute Gasteiger partial charge is 0.504 e. The van der Waals surface area contributed by atoms with Gasteiger partial charge in [0.05, 0.1) is 6.26 Å². The van der Waals surface area contributed by atoms with Crippen LogP contribution in [0.2, 0.25) is 0 Å². The number of para-hydroxylation sites is 1. The number of phenolic OH excluding ortho intramolecular Hbond substituents is 2. The molecule has 0 unspecified atom stereocenters. The Morgan fingerprint density at radius 3 is 2.76 bits per heavy atom. The van der Waals surface area contributed by atoms with Crippen molar-refractivity contribution < 1.29 is 14.6 Å². The highest BCUT2D eigenvalue weighted by atomic mass is 16.3. The molecule has 1 aromatic carbocycles. The number of phenols is 2. The SMILES string of the molecule is Oc1cccc(CNCCc2ccco2)c1O. The quantitative estimate of drug-likeness (QED) is 0.546. The smallest absolute Gasteiger partial charge is 0.161 e. The molecule has 17 heavy (non-hydrogen) atoms. The lowest BCUT2D eigenvalue weighted by Crippen LogP contribution is -2.16. The minimum atomic E-state index is -0.0877. The molecule has 2 aromatic rings. The number of rotatable bonds is 5. The molecule has 3 N–H and O–H groups in total. The normalized spacial score (nSPS) is 10.6. The van der Waals surface area contributed by atoms with Crippen LogP contribution >= 0.6 is 0 Å². The molecular formula is C13H15NO3. The molecule has 4 nitrogen and oxygen atoms in total. The maximum Gasteiger partial charge on any atom is 0.161 e. The summed E-state index contributed by atoms with van der Waals surface area (Å²) in [4.78, 5) is 0. The molecule has 0 atom stereocenters. The van der Waals surface area contributed by atoms with E-state index in [0.717, 1.165) is 18.7 Å². The van der Waals surface area contributed by atoms with E-state index in [1.54, 1.807) is 18.4 Å². The number of furan rings is 1. The van der Waals surface area contributed by atoms with Crippen LogP contribution in [0.1, 0.15) is 11.3 Å². The van der Waals surface area contributed by atoms with Gasteiger partial charge in [0.2, 0.25) is 0 Å². The van der Waals surface area contributed by atoms with Gasteiger partial charge in [-0.05, 0) is 18.2 Å². The highest BCUT2D eigenvalue weighted by Gasteiger charge is 2.04. The van der Waals surface area contributed by atoms with Gasteiger partial charge in [-0.15, -0.1) is 0 Å². The first kappa shape index (κ1) is 11.5. The molecule has 0 fully saturated rings. The van der Waals surface area contributed by atoms with E-state index in [1.807, 2.05) is 12.1 Å². The summed E-state index contributed by atoms with van der Waals surface area (Å²) in [6, 6.07) is 8.72. The summed E-state index contributed by atoms with van der Waals surface area (Å²) in [6.07, 6.45) is 2.45. The van der Waals surface area contributed by atoms with Crippen molar-refractivity contribution in [1.82, 2.24) is 5.32 Å². The van der Waals surface area contributed by atoms with E-state index in [-0.39, 0.29) is 11.5 Å². The summed E-state index contributed by atoms with van der Waals surface area (Å²) in [7, 11) is 0. The van der Waals surface area contributed by atoms with Gasteiger partial charge in [-0.3, -0.25) is 0 Å². The van der Waals surface area contributed by atoms with Crippen molar-refractivity contribution in [1.29, 1.82) is 0 Å². The van der Waals surface area contributed by atoms with Gasteiger partial charge >= 0.3 is 0 Å². The molecule has 90 valence electrons. The Kier molecular flexibility index (Phi) is 3.67. The van der Waals surface area contributed by atoms with Crippen LogP contribution in [0, 0.1) is 0 Å². The first-order valence-corrected chi connectivity index (χ1v) is 5.50. The minimum absolute atomic E-state index is 0.0574. The lowest BCUT2D eigenvalue weighted by atomic mass is 10.2. The third-order valence-electron chi connectivity index (χ3n) is 2.54. The second kappa shape index (κ2) is 5.41. The fraction of sp³-hybridized carbons (Fsp3) is 0.231. The second-order valence-electron chi connectivity index (χ2n) is 3.79. The average molecular weight is 233 g/mol. The number of aromatic hydroxyl groups is 2. The second-order valence-corrected chi connectivity index (χ2v) is 3.79. The molecule has 4 heteroatoms. The monoisotopic (exact) mass is 233 g/mol. The van der Waals surface area contributed by atoms with Crippen LogP contribution in [0.25, 0.3) is 0 Å². The number of hydrogen-bond donors (Lipinski definition) is 3. The lowest BCUT2D eigenvalue weighted by Gasteiger charge is -2.07. The van der Waals surface area contributed by atoms with E-state index in [1.165, 1.54) is 6.07 Å². The Labute approximate surface area is 99.5 Å². The van der Waals surface area contributed by atoms with Crippen LogP contribution < -0.4 is 5.32 Å². The highest BCUT2D eigenvalue weighted by molar-refractivity contribution is 5.44. The van der Waals surface area contributed by atoms with Gasteiger partial charge in [-0.1, -0.05) is 12.1 Å². The average Bonchev–Trinajstić information content (AvgIpc) is 2.83. The molecule has 0 saturated carbocycles. The predicted molar refractivity (Wildman–Crippen MR) is 63.9 cm³/mol. The van der Waals surface area contributed by atoms with Crippen molar-refractivity contribution in [3.63, 3.8) is 0 Å². The Morgan fingerprint density at radius 2 is 2.00 bits per heavy atom. The molecule has 0 saturated heterocycles. The summed E-state index contributed by atoms with van der Waals surface area (Å²) in [5, 5.41) is 22.1. The van der Waals surface area contributed by atoms with E-state index in [9.17, 15) is 10.2 Å². The van der Waals surface area contributed by atoms with Crippen LogP contribution in [0.15, 0.2) is 41.0 Å². The van der Waals surface area contributed by atoms with E-state index in [2.05, 4.69) is 5.32 Å². The van der Waals surface area contributed by atoms with Gasteiger partial charge < -0.3 is 19.9 Å². The number of benzene rings is 1. The standard InChI is InChI=1S/C13H15NO3/c15-12-5-1-3-10(13(12)16)9-14-7-6-11-4-2-8-17-11/h1-5,8,14-16H,6-7,9H2. The van der Waals surface area contributed by atoms with Crippen molar-refractivity contribution in [2.24, 2.45) is 0 Å². The van der Waals surface area contributed by atoms with Gasteiger partial charge in [0.15, 0.2) is 11.5 Å². The molecule has 0 bridgehead atoms. The zero-order chi connectivity index (χ0) is 12.1. The fourth-order valence-corrected chi connectivity index (χ4v) is 1.61. The molecule has 0 aliphatic carbocycles. The van der Waals surface area contributed by atoms with Gasteiger partial charge in [0.25, 0.3) is 0 Å². The molecule has 1 aromatic heterocycles. The van der Waals surface area contributed by atoms with Crippen LogP contribution in [0.4, 0.5) is 0 Å². The molecule has 0 radical (unpaired) electrons. The third kappa shape index (κ3) is 3.01. The summed E-state index contributed by atoms with van der Waals surface area (Å²) < 4.78 is 5.20. The highest BCUT2D eigenvalue weighted by Crippen LogP contribution is 2.27. The molecular weight excluding hydrogens is 218 g/mol. The lowest BCUT2D eigenvalue weighted by molar-refractivity contribution is 0.397. The van der Waals surface area contributed by atoms with E-state index >= 15 is 0 Å². The van der Waals surface area contributed by atoms with Crippen molar-refractivity contribution in [2.45, 2.75) is 13.0 Å². The summed E-state index contributed by atoms with van der Waals surface area (Å²) in [6.45, 7) is 1.27. The Balaban J connectivity index is 1.80. The first-order valence-electron chi connectivity index (χ1n) is 5.50. The topological polar surface area (TPSA) is 65.6 Å². The first-order chi connectivity index (χ1) is 8.27. The number of nitrogens with one attached hydrogen (secondary N) is 1. The zero-order valence-electron chi connectivity index (χ0n) is 9.39. The van der Waals surface area contributed by atoms with Gasteiger partial charge in [0.1, 0.15) is 5.76 Å². The Morgan fingerprint density at radius 1 is 1.12 bits per heavy atom. The van der Waals surface area contributed by atoms with Gasteiger partial charge in [-0.2, -0.15) is 0 Å². The Hall–Kier alpha value is -1.94. The van der Waals surface area contributed by atoms with E-state index in [0.29, 0.717) is 12.1 Å². The van der Waals surface area contributed by atoms with Crippen LogP contribution in [-0.2, 0) is 13.0 Å². The predicted octanol–water partition coefficient (Wildman–Crippen LogP) is 2.02. The fourth-order valence-electron chi connectivity index (χ4n) is 1.61. The van der Waals surface area contributed by atoms with Crippen molar-refractivity contribution >= 4 is 0 Å². The van der Waals surface area contributed by atoms with Crippen LogP contribution in [0.5, 0.6) is 11.5 Å². The Bertz CT molecular complexity index is 466. The molecule has 1 heterocycles. The van der Waals surface area contributed by atoms with Crippen LogP contribution in [-0.4, -0.2) is 16.8 Å². The maximum absolute atomic E-state index is 9.57. The summed E-state index contributed by atoms with van der Waals surface area (Å²) in [5.74, 6) is 0.783. The van der Waals surface area contributed by atoms with Gasteiger partial charge in [-0.25, -0.2) is 0 Å². The zero-order valence-corrected chi connectivity index (χ0v) is 9.39. The third-order valence-corrected chi connectivity index (χ3v) is 2.54. The summed E-state index contributed by atoms with van der Waals surface area (Å²) >= 11 is 0.